The molecule has 0 aliphatic carbocycles. The zero-order valence-corrected chi connectivity index (χ0v) is 8.99. The minimum Gasteiger partial charge on any atom is -0.367 e. The normalized spacial score (nSPS) is 10.8. The first kappa shape index (κ1) is 9.92. The monoisotopic (exact) mass is 205 g/mol. The van der Waals surface area contributed by atoms with Crippen molar-refractivity contribution in [3.8, 4) is 0 Å². The first-order valence-electron chi connectivity index (χ1n) is 4.97. The standard InChI is InChI=1S/C10H15N5/c1-11-5-6-13-10-9-8(3-4-12-10)15(2)7-14-9/h3-4,7,11H,5-6H2,1-2H3,(H,12,13). The SMILES string of the molecule is CNCCNc1nccc2c1ncn2C. The molecule has 0 saturated carbocycles. The lowest BCUT2D eigenvalue weighted by Gasteiger charge is -2.05. The van der Waals surface area contributed by atoms with Crippen molar-refractivity contribution in [1.29, 1.82) is 0 Å². The fraction of sp³-hybridized carbons (Fsp3) is 0.400. The second-order valence-corrected chi connectivity index (χ2v) is 3.41. The molecular weight excluding hydrogens is 190 g/mol. The van der Waals surface area contributed by atoms with Crippen LogP contribution >= 0.6 is 0 Å². The molecule has 0 bridgehead atoms. The van der Waals surface area contributed by atoms with Gasteiger partial charge in [-0.25, -0.2) is 9.97 Å². The number of nitrogens with one attached hydrogen (secondary N) is 2. The number of fused-ring (bicyclic) bond motifs is 1. The quantitative estimate of drug-likeness (QED) is 0.718. The first-order chi connectivity index (χ1) is 7.33. The number of likely N-dealkylation sites (N-methyl/N-ethyl adjacent to an activating group) is 1. The van der Waals surface area contributed by atoms with Crippen LogP contribution < -0.4 is 10.6 Å². The Morgan fingerprint density at radius 3 is 3.00 bits per heavy atom. The van der Waals surface area contributed by atoms with E-state index in [0.717, 1.165) is 29.9 Å². The highest BCUT2D eigenvalue weighted by molar-refractivity contribution is 5.85. The van der Waals surface area contributed by atoms with Gasteiger partial charge in [-0.2, -0.15) is 0 Å². The summed E-state index contributed by atoms with van der Waals surface area (Å²) < 4.78 is 1.99. The number of hydrogen-bond donors (Lipinski definition) is 2. The molecule has 0 saturated heterocycles. The van der Waals surface area contributed by atoms with Crippen LogP contribution in [0.2, 0.25) is 0 Å². The van der Waals surface area contributed by atoms with E-state index in [9.17, 15) is 0 Å². The Morgan fingerprint density at radius 2 is 2.20 bits per heavy atom. The molecule has 0 spiro atoms. The van der Waals surface area contributed by atoms with Crippen LogP contribution in [0.15, 0.2) is 18.6 Å². The van der Waals surface area contributed by atoms with E-state index in [4.69, 9.17) is 0 Å². The largest absolute Gasteiger partial charge is 0.367 e. The predicted molar refractivity (Wildman–Crippen MR) is 60.9 cm³/mol. The van der Waals surface area contributed by atoms with Gasteiger partial charge >= 0.3 is 0 Å². The molecule has 5 heteroatoms. The molecule has 80 valence electrons. The fourth-order valence-electron chi connectivity index (χ4n) is 1.50. The number of rotatable bonds is 4. The van der Waals surface area contributed by atoms with Gasteiger partial charge in [0, 0.05) is 26.3 Å². The van der Waals surface area contributed by atoms with Gasteiger partial charge in [-0.15, -0.1) is 0 Å². The number of aromatic nitrogens is 3. The van der Waals surface area contributed by atoms with Gasteiger partial charge in [0.25, 0.3) is 0 Å². The van der Waals surface area contributed by atoms with Crippen molar-refractivity contribution >= 4 is 16.9 Å². The summed E-state index contributed by atoms with van der Waals surface area (Å²) in [6.45, 7) is 1.75. The van der Waals surface area contributed by atoms with Crippen molar-refractivity contribution < 1.29 is 0 Å². The molecule has 0 aliphatic heterocycles. The molecule has 0 fully saturated rings. The number of hydrogen-bond acceptors (Lipinski definition) is 4. The minimum atomic E-state index is 0.846. The Kier molecular flexibility index (Phi) is 2.82. The molecule has 5 nitrogen and oxygen atoms in total. The first-order valence-corrected chi connectivity index (χ1v) is 4.97. The van der Waals surface area contributed by atoms with Gasteiger partial charge in [0.1, 0.15) is 5.52 Å². The van der Waals surface area contributed by atoms with E-state index >= 15 is 0 Å². The van der Waals surface area contributed by atoms with Crippen LogP contribution in [0.1, 0.15) is 0 Å². The average molecular weight is 205 g/mol. The van der Waals surface area contributed by atoms with E-state index < -0.39 is 0 Å². The summed E-state index contributed by atoms with van der Waals surface area (Å²) in [6, 6.07) is 1.96. The predicted octanol–water partition coefficient (Wildman–Crippen LogP) is 0.600. The zero-order chi connectivity index (χ0) is 10.7. The van der Waals surface area contributed by atoms with E-state index in [0.29, 0.717) is 0 Å². The third-order valence-electron chi connectivity index (χ3n) is 2.31. The molecule has 0 aliphatic rings. The molecule has 0 unspecified atom stereocenters. The van der Waals surface area contributed by atoms with Gasteiger partial charge in [-0.1, -0.05) is 0 Å². The molecule has 15 heavy (non-hydrogen) atoms. The summed E-state index contributed by atoms with van der Waals surface area (Å²) in [6.07, 6.45) is 3.60. The van der Waals surface area contributed by atoms with Crippen LogP contribution in [0.3, 0.4) is 0 Å². The second kappa shape index (κ2) is 4.27. The maximum absolute atomic E-state index is 4.31. The van der Waals surface area contributed by atoms with Crippen LogP contribution in [0, 0.1) is 0 Å². The van der Waals surface area contributed by atoms with Crippen molar-refractivity contribution in [2.24, 2.45) is 7.05 Å². The Morgan fingerprint density at radius 1 is 1.33 bits per heavy atom. The van der Waals surface area contributed by atoms with Crippen molar-refractivity contribution in [1.82, 2.24) is 19.9 Å². The van der Waals surface area contributed by atoms with Crippen molar-refractivity contribution in [2.45, 2.75) is 0 Å². The Bertz CT molecular complexity index is 448. The molecule has 0 aromatic carbocycles. The van der Waals surface area contributed by atoms with Crippen LogP contribution in [-0.2, 0) is 7.05 Å². The highest BCUT2D eigenvalue weighted by Crippen LogP contribution is 2.17. The maximum atomic E-state index is 4.31. The minimum absolute atomic E-state index is 0.846. The van der Waals surface area contributed by atoms with E-state index in [-0.39, 0.29) is 0 Å². The van der Waals surface area contributed by atoms with Gasteiger partial charge < -0.3 is 15.2 Å². The summed E-state index contributed by atoms with van der Waals surface area (Å²) in [5.41, 5.74) is 2.02. The lowest BCUT2D eigenvalue weighted by molar-refractivity contribution is 0.822. The van der Waals surface area contributed by atoms with Crippen molar-refractivity contribution in [3.05, 3.63) is 18.6 Å². The molecular formula is C10H15N5. The molecule has 2 heterocycles. The van der Waals surface area contributed by atoms with Crippen LogP contribution in [0.5, 0.6) is 0 Å². The number of anilines is 1. The lowest BCUT2D eigenvalue weighted by atomic mass is 10.4. The van der Waals surface area contributed by atoms with Gasteiger partial charge in [0.15, 0.2) is 5.82 Å². The summed E-state index contributed by atoms with van der Waals surface area (Å²) in [4.78, 5) is 8.59. The fourth-order valence-corrected chi connectivity index (χ4v) is 1.50. The third-order valence-corrected chi connectivity index (χ3v) is 2.31. The average Bonchev–Trinajstić information content (AvgIpc) is 2.62. The molecule has 2 N–H and O–H groups in total. The number of aryl methyl sites for hydroxylation is 1. The van der Waals surface area contributed by atoms with E-state index in [1.807, 2.05) is 24.7 Å². The Hall–Kier alpha value is -1.62. The molecule has 0 atom stereocenters. The molecule has 2 aromatic heterocycles. The van der Waals surface area contributed by atoms with Crippen LogP contribution in [-0.4, -0.2) is 34.7 Å². The number of imidazole rings is 1. The molecule has 0 radical (unpaired) electrons. The van der Waals surface area contributed by atoms with Crippen LogP contribution in [0.25, 0.3) is 11.0 Å². The van der Waals surface area contributed by atoms with E-state index in [1.165, 1.54) is 0 Å². The molecule has 0 amide bonds. The van der Waals surface area contributed by atoms with Gasteiger partial charge in [0.2, 0.25) is 0 Å². The van der Waals surface area contributed by atoms with Gasteiger partial charge in [-0.05, 0) is 13.1 Å². The highest BCUT2D eigenvalue weighted by Gasteiger charge is 2.05. The zero-order valence-electron chi connectivity index (χ0n) is 8.99. The van der Waals surface area contributed by atoms with Crippen molar-refractivity contribution in [2.75, 3.05) is 25.5 Å². The number of pyridine rings is 1. The lowest BCUT2D eigenvalue weighted by Crippen LogP contribution is -2.18. The van der Waals surface area contributed by atoms with Gasteiger partial charge in [0.05, 0.1) is 11.8 Å². The maximum Gasteiger partial charge on any atom is 0.154 e. The second-order valence-electron chi connectivity index (χ2n) is 3.41. The van der Waals surface area contributed by atoms with Crippen molar-refractivity contribution in [3.63, 3.8) is 0 Å². The summed E-state index contributed by atoms with van der Waals surface area (Å²) in [7, 11) is 3.91. The third kappa shape index (κ3) is 1.92. The summed E-state index contributed by atoms with van der Waals surface area (Å²) in [5.74, 6) is 0.850. The summed E-state index contributed by atoms with van der Waals surface area (Å²) >= 11 is 0. The van der Waals surface area contributed by atoms with Crippen LogP contribution in [0.4, 0.5) is 5.82 Å². The molecule has 2 rings (SSSR count). The number of nitrogens with zero attached hydrogens (tertiary/aromatic N) is 3. The highest BCUT2D eigenvalue weighted by atomic mass is 15.1. The molecule has 2 aromatic rings. The Labute approximate surface area is 88.5 Å². The smallest absolute Gasteiger partial charge is 0.154 e. The topological polar surface area (TPSA) is 54.8 Å². The van der Waals surface area contributed by atoms with E-state index in [2.05, 4.69) is 20.6 Å². The van der Waals surface area contributed by atoms with Gasteiger partial charge in [-0.3, -0.25) is 0 Å². The summed E-state index contributed by atoms with van der Waals surface area (Å²) in [5, 5.41) is 6.33. The Balaban J connectivity index is 2.26. The van der Waals surface area contributed by atoms with E-state index in [1.54, 1.807) is 12.5 Å².